The lowest BCUT2D eigenvalue weighted by Crippen LogP contribution is -2.62. The van der Waals surface area contributed by atoms with Gasteiger partial charge in [0.2, 0.25) is 0 Å². The van der Waals surface area contributed by atoms with Gasteiger partial charge in [0.15, 0.2) is 0 Å². The quantitative estimate of drug-likeness (QED) is 0.703. The van der Waals surface area contributed by atoms with Crippen LogP contribution in [0.15, 0.2) is 18.2 Å². The van der Waals surface area contributed by atoms with E-state index in [4.69, 9.17) is 4.74 Å². The van der Waals surface area contributed by atoms with Crippen molar-refractivity contribution in [2.24, 2.45) is 5.92 Å². The van der Waals surface area contributed by atoms with Gasteiger partial charge >= 0.3 is 0 Å². The minimum Gasteiger partial charge on any atom is -0.488 e. The van der Waals surface area contributed by atoms with Crippen molar-refractivity contribution in [3.05, 3.63) is 29.3 Å². The Kier molecular flexibility index (Phi) is 4.07. The number of benzene rings is 1. The summed E-state index contributed by atoms with van der Waals surface area (Å²) in [6.07, 6.45) is 2.40. The zero-order valence-electron chi connectivity index (χ0n) is 16.9. The average molecular weight is 330 g/mol. The van der Waals surface area contributed by atoms with Crippen LogP contribution < -0.4 is 4.74 Å². The van der Waals surface area contributed by atoms with Crippen molar-refractivity contribution in [1.29, 1.82) is 0 Å². The van der Waals surface area contributed by atoms with E-state index in [0.29, 0.717) is 12.0 Å². The minimum atomic E-state index is -0.145. The number of rotatable bonds is 1. The molecule has 3 atom stereocenters. The summed E-state index contributed by atoms with van der Waals surface area (Å²) in [6, 6.07) is 7.46. The average Bonchev–Trinajstić information content (AvgIpc) is 2.40. The van der Waals surface area contributed by atoms with Crippen LogP contribution in [-0.2, 0) is 11.8 Å². The molecule has 1 aromatic carbocycles. The Bertz CT molecular complexity index is 622. The molecule has 0 saturated carbocycles. The fourth-order valence-electron chi connectivity index (χ4n) is 4.85. The van der Waals surface area contributed by atoms with Crippen LogP contribution in [0.3, 0.4) is 0 Å². The molecule has 134 valence electrons. The number of nitrogens with zero attached hydrogens (tertiary/aromatic N) is 1. The number of hydrogen-bond donors (Lipinski definition) is 0. The second-order valence-corrected chi connectivity index (χ2v) is 10.1. The fourth-order valence-corrected chi connectivity index (χ4v) is 4.85. The fraction of sp³-hybridized carbons (Fsp3) is 0.727. The summed E-state index contributed by atoms with van der Waals surface area (Å²) in [4.78, 5) is 2.74. The Labute approximate surface area is 148 Å². The molecule has 0 N–H and O–H groups in total. The van der Waals surface area contributed by atoms with Crippen LogP contribution in [0.2, 0.25) is 0 Å². The van der Waals surface area contributed by atoms with Gasteiger partial charge in [0.05, 0.1) is 0 Å². The Morgan fingerprint density at radius 3 is 2.38 bits per heavy atom. The lowest BCUT2D eigenvalue weighted by Gasteiger charge is -2.58. The first-order chi connectivity index (χ1) is 10.9. The van der Waals surface area contributed by atoms with Crippen LogP contribution in [0.1, 0.15) is 72.9 Å². The first kappa shape index (κ1) is 17.8. The molecule has 24 heavy (non-hydrogen) atoms. The molecule has 1 fully saturated rings. The summed E-state index contributed by atoms with van der Waals surface area (Å²) < 4.78 is 6.15. The number of hydrogen-bond acceptors (Lipinski definition) is 2. The van der Waals surface area contributed by atoms with Crippen LogP contribution in [0, 0.1) is 5.92 Å². The molecule has 0 amide bonds. The van der Waals surface area contributed by atoms with Crippen molar-refractivity contribution in [1.82, 2.24) is 4.90 Å². The van der Waals surface area contributed by atoms with E-state index in [2.05, 4.69) is 78.5 Å². The molecule has 1 aromatic rings. The summed E-state index contributed by atoms with van der Waals surface area (Å²) >= 11 is 0. The van der Waals surface area contributed by atoms with Crippen molar-refractivity contribution in [2.75, 3.05) is 6.54 Å². The molecule has 0 spiro atoms. The van der Waals surface area contributed by atoms with E-state index in [9.17, 15) is 0 Å². The van der Waals surface area contributed by atoms with E-state index in [1.165, 1.54) is 30.5 Å². The van der Waals surface area contributed by atoms with Crippen LogP contribution >= 0.6 is 0 Å². The third-order valence-electron chi connectivity index (χ3n) is 6.27. The molecule has 1 aliphatic carbocycles. The minimum absolute atomic E-state index is 0.145. The van der Waals surface area contributed by atoms with Gasteiger partial charge < -0.3 is 4.74 Å². The number of piperidine rings is 1. The van der Waals surface area contributed by atoms with Crippen molar-refractivity contribution in [3.63, 3.8) is 0 Å². The highest BCUT2D eigenvalue weighted by atomic mass is 16.5. The molecule has 1 unspecified atom stereocenters. The molecule has 1 heterocycles. The summed E-state index contributed by atoms with van der Waals surface area (Å²) in [7, 11) is 0. The van der Waals surface area contributed by atoms with E-state index in [0.717, 1.165) is 5.75 Å². The SMILES string of the molecule is CC1[C@@H]2Cc3ccc(OC(C)(C)C)cc3[C@@]1(C)CCN2C(C)(C)C. The summed E-state index contributed by atoms with van der Waals surface area (Å²) in [5.74, 6) is 1.69. The molecule has 1 aliphatic heterocycles. The predicted molar refractivity (Wildman–Crippen MR) is 102 cm³/mol. The van der Waals surface area contributed by atoms with Gasteiger partial charge in [-0.25, -0.2) is 0 Å². The second kappa shape index (κ2) is 5.49. The van der Waals surface area contributed by atoms with Crippen LogP contribution in [-0.4, -0.2) is 28.6 Å². The zero-order chi connectivity index (χ0) is 17.9. The summed E-state index contributed by atoms with van der Waals surface area (Å²) in [6.45, 7) is 19.6. The third-order valence-corrected chi connectivity index (χ3v) is 6.27. The second-order valence-electron chi connectivity index (χ2n) is 10.1. The molecule has 3 rings (SSSR count). The lowest BCUT2D eigenvalue weighted by atomic mass is 9.58. The van der Waals surface area contributed by atoms with Gasteiger partial charge in [-0.15, -0.1) is 0 Å². The highest BCUT2D eigenvalue weighted by Gasteiger charge is 2.50. The van der Waals surface area contributed by atoms with Crippen LogP contribution in [0.25, 0.3) is 0 Å². The smallest absolute Gasteiger partial charge is 0.120 e. The monoisotopic (exact) mass is 329 g/mol. The largest absolute Gasteiger partial charge is 0.488 e. The van der Waals surface area contributed by atoms with Gasteiger partial charge in [-0.2, -0.15) is 0 Å². The van der Waals surface area contributed by atoms with Crippen LogP contribution in [0.5, 0.6) is 5.75 Å². The van der Waals surface area contributed by atoms with Crippen LogP contribution in [0.4, 0.5) is 0 Å². The maximum Gasteiger partial charge on any atom is 0.120 e. The molecule has 0 radical (unpaired) electrons. The molecule has 1 saturated heterocycles. The maximum absolute atomic E-state index is 6.15. The Morgan fingerprint density at radius 1 is 1.12 bits per heavy atom. The lowest BCUT2D eigenvalue weighted by molar-refractivity contribution is -0.0249. The zero-order valence-corrected chi connectivity index (χ0v) is 16.9. The van der Waals surface area contributed by atoms with Gasteiger partial charge in [-0.1, -0.05) is 19.9 Å². The predicted octanol–water partition coefficient (Wildman–Crippen LogP) is 5.19. The first-order valence-electron chi connectivity index (χ1n) is 9.51. The first-order valence-corrected chi connectivity index (χ1v) is 9.51. The normalized spacial score (nSPS) is 30.8. The molecular formula is C22H35NO. The van der Waals surface area contributed by atoms with Gasteiger partial charge in [-0.3, -0.25) is 4.90 Å². The molecule has 2 nitrogen and oxygen atoms in total. The summed E-state index contributed by atoms with van der Waals surface area (Å²) in [5, 5.41) is 0. The van der Waals surface area contributed by atoms with Crippen molar-refractivity contribution in [2.45, 2.75) is 90.8 Å². The number of fused-ring (bicyclic) bond motifs is 4. The van der Waals surface area contributed by atoms with Gasteiger partial charge in [0.1, 0.15) is 11.4 Å². The van der Waals surface area contributed by atoms with E-state index in [-0.39, 0.29) is 16.6 Å². The van der Waals surface area contributed by atoms with Crippen molar-refractivity contribution >= 4 is 0 Å². The van der Waals surface area contributed by atoms with E-state index in [1.54, 1.807) is 0 Å². The topological polar surface area (TPSA) is 12.5 Å². The maximum atomic E-state index is 6.15. The molecular weight excluding hydrogens is 294 g/mol. The molecule has 2 aliphatic rings. The molecule has 2 bridgehead atoms. The van der Waals surface area contributed by atoms with Gasteiger partial charge in [0.25, 0.3) is 0 Å². The van der Waals surface area contributed by atoms with E-state index < -0.39 is 0 Å². The van der Waals surface area contributed by atoms with E-state index in [1.807, 2.05) is 0 Å². The highest BCUT2D eigenvalue weighted by Crippen LogP contribution is 2.50. The number of likely N-dealkylation sites (tertiary alicyclic amines) is 1. The molecule has 0 aromatic heterocycles. The standard InChI is InChI=1S/C22H35NO/c1-15-19-13-16-9-10-17(24-21(5,6)7)14-18(16)22(15,8)11-12-23(19)20(2,3)4/h9-10,14-15,19H,11-13H2,1-8H3/t15?,19-,22-/m0/s1. The Balaban J connectivity index is 2.00. The number of ether oxygens (including phenoxy) is 1. The highest BCUT2D eigenvalue weighted by molar-refractivity contribution is 5.45. The summed E-state index contributed by atoms with van der Waals surface area (Å²) in [5.41, 5.74) is 3.41. The van der Waals surface area contributed by atoms with Gasteiger partial charge in [0, 0.05) is 11.6 Å². The Hall–Kier alpha value is -1.02. The van der Waals surface area contributed by atoms with Crippen molar-refractivity contribution in [3.8, 4) is 5.75 Å². The van der Waals surface area contributed by atoms with Gasteiger partial charge in [-0.05, 0) is 95.5 Å². The van der Waals surface area contributed by atoms with E-state index >= 15 is 0 Å². The third kappa shape index (κ3) is 2.98. The Morgan fingerprint density at radius 2 is 1.79 bits per heavy atom. The molecule has 2 heteroatoms. The van der Waals surface area contributed by atoms with Crippen molar-refractivity contribution < 1.29 is 4.74 Å².